The molecule has 1 aliphatic rings. The largest absolute Gasteiger partial charge is 0.471 e. The second-order valence-corrected chi connectivity index (χ2v) is 8.49. The first kappa shape index (κ1) is 25.6. The van der Waals surface area contributed by atoms with Crippen LogP contribution in [0.25, 0.3) is 0 Å². The van der Waals surface area contributed by atoms with Crippen molar-refractivity contribution >= 4 is 46.0 Å². The summed E-state index contributed by atoms with van der Waals surface area (Å²) in [7, 11) is 0. The molecule has 0 radical (unpaired) electrons. The molecule has 0 aliphatic carbocycles. The molecule has 0 bridgehead atoms. The minimum absolute atomic E-state index is 0.0803. The van der Waals surface area contributed by atoms with E-state index in [1.807, 2.05) is 0 Å². The van der Waals surface area contributed by atoms with Gasteiger partial charge >= 0.3 is 6.03 Å². The molecule has 1 aromatic carbocycles. The van der Waals surface area contributed by atoms with Crippen LogP contribution in [0.15, 0.2) is 12.1 Å². The van der Waals surface area contributed by atoms with Crippen LogP contribution in [-0.4, -0.2) is 69.2 Å². The number of aromatic nitrogens is 1. The number of β-amino-alcohol motifs (C(OH)–C–C–N with tert-alkyl or cyclic N) is 1. The second kappa shape index (κ2) is 10.9. The standard InChI is InChI=1S/C19H20ClF2N5O6S/c20-8-3-11(21)10(12(22)4-8)7-33-16-14(15(23)30)17(34-26-16)25-19(32)24-2-1-13(29)18(31)27-5-9(28)6-27/h3-4,9,13,28-29H,1-2,5-7H2,(H2,23,30)(H2,24,25,32). The predicted molar refractivity (Wildman–Crippen MR) is 117 cm³/mol. The number of aliphatic hydroxyl groups excluding tert-OH is 2. The summed E-state index contributed by atoms with van der Waals surface area (Å²) in [6.07, 6.45) is -2.04. The number of likely N-dealkylation sites (tertiary alicyclic amines) is 1. The molecular formula is C19H20ClF2N5O6S. The predicted octanol–water partition coefficient (Wildman–Crippen LogP) is 0.828. The van der Waals surface area contributed by atoms with E-state index in [4.69, 9.17) is 22.1 Å². The lowest BCUT2D eigenvalue weighted by molar-refractivity contribution is -0.150. The molecule has 4 amide bonds. The third-order valence-corrected chi connectivity index (χ3v) is 5.72. The quantitative estimate of drug-likeness (QED) is 0.327. The number of anilines is 1. The second-order valence-electron chi connectivity index (χ2n) is 7.28. The van der Waals surface area contributed by atoms with Crippen LogP contribution in [0, 0.1) is 11.6 Å². The number of nitrogens with two attached hydrogens (primary N) is 1. The van der Waals surface area contributed by atoms with Gasteiger partial charge in [-0.05, 0) is 30.1 Å². The van der Waals surface area contributed by atoms with Crippen LogP contribution in [0.3, 0.4) is 0 Å². The molecule has 0 spiro atoms. The average molecular weight is 520 g/mol. The van der Waals surface area contributed by atoms with E-state index in [0.29, 0.717) is 11.5 Å². The molecule has 1 aromatic heterocycles. The normalized spacial score (nSPS) is 14.3. The zero-order valence-corrected chi connectivity index (χ0v) is 19.0. The molecule has 1 aliphatic heterocycles. The van der Waals surface area contributed by atoms with Gasteiger partial charge in [-0.3, -0.25) is 14.9 Å². The number of carbonyl (C=O) groups is 3. The summed E-state index contributed by atoms with van der Waals surface area (Å²) < 4.78 is 37.0. The minimum atomic E-state index is -1.36. The Kier molecular flexibility index (Phi) is 8.19. The maximum Gasteiger partial charge on any atom is 0.319 e. The van der Waals surface area contributed by atoms with E-state index < -0.39 is 53.9 Å². The summed E-state index contributed by atoms with van der Waals surface area (Å²) in [5.41, 5.74) is 4.58. The SMILES string of the molecule is NC(=O)c1c(OCc2c(F)cc(Cl)cc2F)nsc1NC(=O)NCCC(O)C(=O)N1CC(O)C1. The van der Waals surface area contributed by atoms with Crippen molar-refractivity contribution in [2.24, 2.45) is 5.73 Å². The number of carbonyl (C=O) groups excluding carboxylic acids is 3. The Morgan fingerprint density at radius 1 is 1.32 bits per heavy atom. The van der Waals surface area contributed by atoms with Crippen LogP contribution >= 0.6 is 23.1 Å². The molecule has 1 unspecified atom stereocenters. The molecule has 2 aromatic rings. The lowest BCUT2D eigenvalue weighted by atomic mass is 10.1. The maximum atomic E-state index is 13.9. The fourth-order valence-corrected chi connectivity index (χ4v) is 3.89. The Labute approximate surface area is 200 Å². The van der Waals surface area contributed by atoms with Crippen molar-refractivity contribution in [3.05, 3.63) is 39.9 Å². The molecule has 1 atom stereocenters. The Hall–Kier alpha value is -3.07. The monoisotopic (exact) mass is 519 g/mol. The summed E-state index contributed by atoms with van der Waals surface area (Å²) in [6, 6.07) is 1.01. The highest BCUT2D eigenvalue weighted by atomic mass is 35.5. The number of aliphatic hydroxyl groups is 2. The molecule has 2 heterocycles. The smallest absolute Gasteiger partial charge is 0.319 e. The third-order valence-electron chi connectivity index (χ3n) is 4.76. The van der Waals surface area contributed by atoms with Crippen LogP contribution in [0.4, 0.5) is 18.6 Å². The Morgan fingerprint density at radius 3 is 2.56 bits per heavy atom. The van der Waals surface area contributed by atoms with Crippen LogP contribution in [0.5, 0.6) is 5.88 Å². The number of nitrogens with zero attached hydrogens (tertiary/aromatic N) is 2. The van der Waals surface area contributed by atoms with E-state index in [1.165, 1.54) is 4.90 Å². The number of hydrogen-bond donors (Lipinski definition) is 5. The van der Waals surface area contributed by atoms with Crippen molar-refractivity contribution in [2.75, 3.05) is 25.0 Å². The van der Waals surface area contributed by atoms with E-state index >= 15 is 0 Å². The van der Waals surface area contributed by atoms with Gasteiger partial charge in [0.2, 0.25) is 5.88 Å². The third kappa shape index (κ3) is 6.08. The number of amides is 4. The topological polar surface area (TPSA) is 167 Å². The van der Waals surface area contributed by atoms with Crippen LogP contribution in [0.1, 0.15) is 22.3 Å². The van der Waals surface area contributed by atoms with Crippen LogP contribution < -0.4 is 21.1 Å². The van der Waals surface area contributed by atoms with Gasteiger partial charge in [-0.15, -0.1) is 0 Å². The van der Waals surface area contributed by atoms with E-state index in [0.717, 1.165) is 12.1 Å². The van der Waals surface area contributed by atoms with E-state index in [2.05, 4.69) is 15.0 Å². The van der Waals surface area contributed by atoms with E-state index in [1.54, 1.807) is 0 Å². The molecule has 1 fully saturated rings. The van der Waals surface area contributed by atoms with Crippen molar-refractivity contribution in [2.45, 2.75) is 25.2 Å². The van der Waals surface area contributed by atoms with Gasteiger partial charge in [0.1, 0.15) is 34.9 Å². The zero-order chi connectivity index (χ0) is 25.0. The van der Waals surface area contributed by atoms with Gasteiger partial charge in [-0.2, -0.15) is 4.37 Å². The van der Waals surface area contributed by atoms with Crippen molar-refractivity contribution < 1.29 is 38.1 Å². The average Bonchev–Trinajstić information content (AvgIpc) is 3.12. The molecule has 34 heavy (non-hydrogen) atoms. The number of rotatable bonds is 9. The van der Waals surface area contributed by atoms with E-state index in [9.17, 15) is 33.4 Å². The fourth-order valence-electron chi connectivity index (χ4n) is 2.97. The zero-order valence-electron chi connectivity index (χ0n) is 17.4. The van der Waals surface area contributed by atoms with E-state index in [-0.39, 0.29) is 47.5 Å². The lowest BCUT2D eigenvalue weighted by Gasteiger charge is -2.37. The molecule has 3 rings (SSSR count). The number of ether oxygens (including phenoxy) is 1. The fraction of sp³-hybridized carbons (Fsp3) is 0.368. The number of halogens is 3. The highest BCUT2D eigenvalue weighted by molar-refractivity contribution is 7.11. The lowest BCUT2D eigenvalue weighted by Crippen LogP contribution is -2.56. The number of urea groups is 1. The van der Waals surface area contributed by atoms with Crippen LogP contribution in [-0.2, 0) is 11.4 Å². The highest BCUT2D eigenvalue weighted by Crippen LogP contribution is 2.31. The van der Waals surface area contributed by atoms with Crippen molar-refractivity contribution in [1.29, 1.82) is 0 Å². The number of primary amides is 1. The van der Waals surface area contributed by atoms with Gasteiger partial charge in [0.15, 0.2) is 0 Å². The van der Waals surface area contributed by atoms with Gasteiger partial charge < -0.3 is 30.9 Å². The Balaban J connectivity index is 1.55. The van der Waals surface area contributed by atoms with Crippen molar-refractivity contribution in [3.63, 3.8) is 0 Å². The molecule has 15 heteroatoms. The van der Waals surface area contributed by atoms with Crippen LogP contribution in [0.2, 0.25) is 5.02 Å². The Morgan fingerprint density at radius 2 is 1.97 bits per heavy atom. The Bertz CT molecular complexity index is 1070. The van der Waals surface area contributed by atoms with Gasteiger partial charge in [-0.25, -0.2) is 13.6 Å². The van der Waals surface area contributed by atoms with Gasteiger partial charge in [-0.1, -0.05) is 11.6 Å². The summed E-state index contributed by atoms with van der Waals surface area (Å²) >= 11 is 6.22. The first-order valence-corrected chi connectivity index (χ1v) is 11.0. The van der Waals surface area contributed by atoms with Gasteiger partial charge in [0, 0.05) is 24.7 Å². The van der Waals surface area contributed by atoms with Gasteiger partial charge in [0.05, 0.1) is 11.7 Å². The minimum Gasteiger partial charge on any atom is -0.471 e. The molecule has 11 nitrogen and oxygen atoms in total. The summed E-state index contributed by atoms with van der Waals surface area (Å²) in [5, 5.41) is 23.6. The number of nitrogens with one attached hydrogen (secondary N) is 2. The molecule has 0 saturated carbocycles. The number of hydrogen-bond acceptors (Lipinski definition) is 8. The number of benzene rings is 1. The van der Waals surface area contributed by atoms with Crippen molar-refractivity contribution in [3.8, 4) is 5.88 Å². The molecule has 6 N–H and O–H groups in total. The highest BCUT2D eigenvalue weighted by Gasteiger charge is 2.32. The maximum absolute atomic E-state index is 13.9. The summed E-state index contributed by atoms with van der Waals surface area (Å²) in [4.78, 5) is 37.2. The van der Waals surface area contributed by atoms with Crippen molar-refractivity contribution in [1.82, 2.24) is 14.6 Å². The first-order chi connectivity index (χ1) is 16.1. The molecule has 184 valence electrons. The summed E-state index contributed by atoms with van der Waals surface area (Å²) in [6.45, 7) is -0.414. The van der Waals surface area contributed by atoms with Gasteiger partial charge in [0.25, 0.3) is 11.8 Å². The molecular weight excluding hydrogens is 500 g/mol. The first-order valence-electron chi connectivity index (χ1n) is 9.82. The molecule has 1 saturated heterocycles. The summed E-state index contributed by atoms with van der Waals surface area (Å²) in [5.74, 6) is -3.80.